The first-order chi connectivity index (χ1) is 13.9. The molecule has 0 aliphatic carbocycles. The van der Waals surface area contributed by atoms with E-state index in [9.17, 15) is 9.18 Å². The number of nitrogens with zero attached hydrogens (tertiary/aromatic N) is 3. The Labute approximate surface area is 169 Å². The van der Waals surface area contributed by atoms with E-state index in [1.807, 2.05) is 36.1 Å². The van der Waals surface area contributed by atoms with Crippen LogP contribution < -0.4 is 5.73 Å². The van der Waals surface area contributed by atoms with Gasteiger partial charge in [-0.05, 0) is 49.6 Å². The van der Waals surface area contributed by atoms with E-state index >= 15 is 0 Å². The highest BCUT2D eigenvalue weighted by Crippen LogP contribution is 2.32. The third-order valence-corrected chi connectivity index (χ3v) is 5.70. The molecule has 0 spiro atoms. The van der Waals surface area contributed by atoms with E-state index in [1.165, 1.54) is 12.1 Å². The fraction of sp³-hybridized carbons (Fsp3) is 0.304. The summed E-state index contributed by atoms with van der Waals surface area (Å²) < 4.78 is 15.0. The monoisotopic (exact) mass is 392 g/mol. The number of benzene rings is 2. The molecule has 4 rings (SSSR count). The lowest BCUT2D eigenvalue weighted by molar-refractivity contribution is 0.0777. The van der Waals surface area contributed by atoms with Crippen molar-refractivity contribution in [2.75, 3.05) is 19.6 Å². The molecule has 5 nitrogen and oxygen atoms in total. The molecule has 1 aromatic heterocycles. The summed E-state index contributed by atoms with van der Waals surface area (Å²) in [5, 5.41) is 4.68. The Balaban J connectivity index is 1.75. The highest BCUT2D eigenvalue weighted by atomic mass is 19.1. The van der Waals surface area contributed by atoms with Crippen LogP contribution in [0.5, 0.6) is 0 Å². The Morgan fingerprint density at radius 3 is 2.48 bits per heavy atom. The van der Waals surface area contributed by atoms with Crippen LogP contribution in [0.1, 0.15) is 29.3 Å². The van der Waals surface area contributed by atoms with E-state index in [0.717, 1.165) is 17.5 Å². The van der Waals surface area contributed by atoms with Gasteiger partial charge < -0.3 is 10.6 Å². The average Bonchev–Trinajstić information content (AvgIpc) is 3.34. The van der Waals surface area contributed by atoms with Crippen LogP contribution in [0.3, 0.4) is 0 Å². The van der Waals surface area contributed by atoms with Crippen molar-refractivity contribution < 1.29 is 9.18 Å². The smallest absolute Gasteiger partial charge is 0.257 e. The molecule has 1 amide bonds. The van der Waals surface area contributed by atoms with Gasteiger partial charge in [-0.2, -0.15) is 5.10 Å². The molecule has 1 fully saturated rings. The molecular weight excluding hydrogens is 367 g/mol. The maximum atomic E-state index is 13.4. The number of aromatic nitrogens is 2. The Morgan fingerprint density at radius 2 is 1.86 bits per heavy atom. The highest BCUT2D eigenvalue weighted by molar-refractivity contribution is 6.00. The lowest BCUT2D eigenvalue weighted by Crippen LogP contribution is -2.34. The number of halogens is 1. The van der Waals surface area contributed by atoms with Gasteiger partial charge in [-0.1, -0.05) is 36.8 Å². The van der Waals surface area contributed by atoms with Crippen LogP contribution in [0.25, 0.3) is 16.9 Å². The summed E-state index contributed by atoms with van der Waals surface area (Å²) in [6.07, 6.45) is 2.63. The number of amides is 1. The van der Waals surface area contributed by atoms with Crippen molar-refractivity contribution >= 4 is 5.91 Å². The second-order valence-electron chi connectivity index (χ2n) is 8.17. The predicted octanol–water partition coefficient (Wildman–Crippen LogP) is 3.80. The predicted molar refractivity (Wildman–Crippen MR) is 111 cm³/mol. The van der Waals surface area contributed by atoms with Crippen molar-refractivity contribution in [3.05, 3.63) is 71.7 Å². The number of aryl methyl sites for hydroxylation is 1. The minimum absolute atomic E-state index is 0.0490. The SMILES string of the molecule is Cc1ccc(-c2nn(-c3ccc(F)cc3)cc2C(=O)N2CCC(C)(CN)C2)cc1. The molecule has 1 atom stereocenters. The van der Waals surface area contributed by atoms with Gasteiger partial charge in [0.05, 0.1) is 11.3 Å². The zero-order valence-electron chi connectivity index (χ0n) is 16.7. The van der Waals surface area contributed by atoms with Crippen molar-refractivity contribution in [2.24, 2.45) is 11.1 Å². The van der Waals surface area contributed by atoms with Crippen molar-refractivity contribution in [1.82, 2.24) is 14.7 Å². The van der Waals surface area contributed by atoms with E-state index in [1.54, 1.807) is 23.0 Å². The molecular formula is C23H25FN4O. The second-order valence-corrected chi connectivity index (χ2v) is 8.17. The third kappa shape index (κ3) is 3.80. The molecule has 1 aliphatic rings. The molecule has 2 aromatic carbocycles. The minimum atomic E-state index is -0.311. The van der Waals surface area contributed by atoms with E-state index in [4.69, 9.17) is 5.73 Å². The highest BCUT2D eigenvalue weighted by Gasteiger charge is 2.36. The van der Waals surface area contributed by atoms with Gasteiger partial charge in [0, 0.05) is 24.8 Å². The number of carbonyl (C=O) groups is 1. The van der Waals surface area contributed by atoms with Gasteiger partial charge >= 0.3 is 0 Å². The van der Waals surface area contributed by atoms with Gasteiger partial charge in [-0.3, -0.25) is 4.79 Å². The number of rotatable bonds is 4. The molecule has 1 aliphatic heterocycles. The topological polar surface area (TPSA) is 64.2 Å². The Bertz CT molecular complexity index is 1030. The number of carbonyl (C=O) groups excluding carboxylic acids is 1. The summed E-state index contributed by atoms with van der Waals surface area (Å²) in [5.74, 6) is -0.361. The first-order valence-corrected chi connectivity index (χ1v) is 9.80. The van der Waals surface area contributed by atoms with Gasteiger partial charge in [0.15, 0.2) is 0 Å². The molecule has 0 radical (unpaired) electrons. The number of likely N-dealkylation sites (tertiary alicyclic amines) is 1. The molecule has 150 valence electrons. The zero-order valence-corrected chi connectivity index (χ0v) is 16.7. The zero-order chi connectivity index (χ0) is 20.6. The molecule has 1 saturated heterocycles. The largest absolute Gasteiger partial charge is 0.338 e. The molecule has 2 heterocycles. The van der Waals surface area contributed by atoms with Crippen LogP contribution in [0.2, 0.25) is 0 Å². The summed E-state index contributed by atoms with van der Waals surface area (Å²) in [5.41, 5.74) is 9.74. The van der Waals surface area contributed by atoms with Crippen molar-refractivity contribution in [3.8, 4) is 16.9 Å². The fourth-order valence-electron chi connectivity index (χ4n) is 3.72. The molecule has 0 bridgehead atoms. The van der Waals surface area contributed by atoms with Crippen molar-refractivity contribution in [1.29, 1.82) is 0 Å². The summed E-state index contributed by atoms with van der Waals surface area (Å²) in [7, 11) is 0. The normalized spacial score (nSPS) is 19.0. The standard InChI is InChI=1S/C23H25FN4O/c1-16-3-5-17(6-4-16)21-20(22(29)27-12-11-23(2,14-25)15-27)13-28(26-21)19-9-7-18(24)8-10-19/h3-10,13H,11-12,14-15,25H2,1-2H3. The van der Waals surface area contributed by atoms with Crippen LogP contribution in [-0.4, -0.2) is 40.2 Å². The van der Waals surface area contributed by atoms with Crippen molar-refractivity contribution in [3.63, 3.8) is 0 Å². The van der Waals surface area contributed by atoms with Gasteiger partial charge in [-0.25, -0.2) is 9.07 Å². The molecule has 3 aromatic rings. The minimum Gasteiger partial charge on any atom is -0.338 e. The lowest BCUT2D eigenvalue weighted by Gasteiger charge is -2.22. The van der Waals surface area contributed by atoms with E-state index in [0.29, 0.717) is 36.6 Å². The van der Waals surface area contributed by atoms with Gasteiger partial charge in [0.1, 0.15) is 11.5 Å². The maximum absolute atomic E-state index is 13.4. The number of hydrogen-bond donors (Lipinski definition) is 1. The molecule has 29 heavy (non-hydrogen) atoms. The second kappa shape index (κ2) is 7.44. The van der Waals surface area contributed by atoms with Crippen LogP contribution in [-0.2, 0) is 0 Å². The average molecular weight is 392 g/mol. The molecule has 6 heteroatoms. The molecule has 1 unspecified atom stereocenters. The summed E-state index contributed by atoms with van der Waals surface area (Å²) >= 11 is 0. The van der Waals surface area contributed by atoms with Crippen molar-refractivity contribution in [2.45, 2.75) is 20.3 Å². The van der Waals surface area contributed by atoms with Crippen LogP contribution in [0, 0.1) is 18.2 Å². The first kappa shape index (κ1) is 19.3. The fourth-order valence-corrected chi connectivity index (χ4v) is 3.72. The Kier molecular flexibility index (Phi) is 4.96. The van der Waals surface area contributed by atoms with Crippen LogP contribution in [0.4, 0.5) is 4.39 Å². The number of nitrogens with two attached hydrogens (primary N) is 1. The van der Waals surface area contributed by atoms with E-state index in [2.05, 4.69) is 12.0 Å². The lowest BCUT2D eigenvalue weighted by atomic mass is 9.90. The van der Waals surface area contributed by atoms with Gasteiger partial charge in [-0.15, -0.1) is 0 Å². The molecule has 2 N–H and O–H groups in total. The van der Waals surface area contributed by atoms with Gasteiger partial charge in [0.2, 0.25) is 0 Å². The summed E-state index contributed by atoms with van der Waals surface area (Å²) in [4.78, 5) is 15.2. The number of hydrogen-bond acceptors (Lipinski definition) is 3. The third-order valence-electron chi connectivity index (χ3n) is 5.70. The van der Waals surface area contributed by atoms with E-state index in [-0.39, 0.29) is 17.1 Å². The Morgan fingerprint density at radius 1 is 1.17 bits per heavy atom. The quantitative estimate of drug-likeness (QED) is 0.735. The van der Waals surface area contributed by atoms with Crippen LogP contribution >= 0.6 is 0 Å². The van der Waals surface area contributed by atoms with Crippen LogP contribution in [0.15, 0.2) is 54.7 Å². The van der Waals surface area contributed by atoms with Gasteiger partial charge in [0.25, 0.3) is 5.91 Å². The Hall–Kier alpha value is -2.99. The molecule has 0 saturated carbocycles. The maximum Gasteiger partial charge on any atom is 0.257 e. The van der Waals surface area contributed by atoms with E-state index < -0.39 is 0 Å². The summed E-state index contributed by atoms with van der Waals surface area (Å²) in [6, 6.07) is 14.0. The first-order valence-electron chi connectivity index (χ1n) is 9.80. The summed E-state index contributed by atoms with van der Waals surface area (Å²) in [6.45, 7) is 6.00.